The van der Waals surface area contributed by atoms with Crippen molar-refractivity contribution >= 4 is 17.7 Å². The number of nitrogens with zero attached hydrogens (tertiary/aromatic N) is 5. The lowest BCUT2D eigenvalue weighted by atomic mass is 10.2. The Balaban J connectivity index is 1.52. The minimum Gasteiger partial charge on any atom is -0.291 e. The van der Waals surface area contributed by atoms with Gasteiger partial charge in [-0.05, 0) is 36.2 Å². The van der Waals surface area contributed by atoms with Gasteiger partial charge in [0.05, 0.1) is 0 Å². The number of hydrogen-bond acceptors (Lipinski definition) is 5. The molecule has 0 saturated carbocycles. The molecular formula is C15H15N7O. The molecule has 23 heavy (non-hydrogen) atoms. The van der Waals surface area contributed by atoms with E-state index in [2.05, 4.69) is 30.9 Å². The van der Waals surface area contributed by atoms with Gasteiger partial charge in [-0.15, -0.1) is 5.10 Å². The summed E-state index contributed by atoms with van der Waals surface area (Å²) in [6, 6.07) is 8.61. The van der Waals surface area contributed by atoms with Gasteiger partial charge in [-0.25, -0.2) is 4.79 Å². The van der Waals surface area contributed by atoms with Crippen molar-refractivity contribution in [3.05, 3.63) is 60.7 Å². The van der Waals surface area contributed by atoms with Gasteiger partial charge in [0.25, 0.3) is 0 Å². The molecule has 0 aliphatic rings. The summed E-state index contributed by atoms with van der Waals surface area (Å²) in [6.45, 7) is 0.720. The standard InChI is InChI=1S/C15H15N7O/c23-15(18-13-2-1-7-17-20-13)19-14-6-11-22(21-14)10-5-12-3-8-16-9-4-12/h1-4,6-9,11H,5,10H2,(H2,18,19,20,21,23). The largest absolute Gasteiger partial charge is 0.326 e. The van der Waals surface area contributed by atoms with Gasteiger partial charge in [-0.3, -0.25) is 20.3 Å². The quantitative estimate of drug-likeness (QED) is 0.750. The molecule has 0 radical (unpaired) electrons. The first-order valence-electron chi connectivity index (χ1n) is 7.08. The van der Waals surface area contributed by atoms with Crippen molar-refractivity contribution in [1.82, 2.24) is 25.0 Å². The number of aromatic nitrogens is 5. The monoisotopic (exact) mass is 309 g/mol. The Bertz CT molecular complexity index is 758. The Morgan fingerprint density at radius 1 is 1.04 bits per heavy atom. The molecule has 0 spiro atoms. The zero-order chi connectivity index (χ0) is 15.9. The summed E-state index contributed by atoms with van der Waals surface area (Å²) in [6.07, 6.45) is 7.73. The number of amides is 2. The lowest BCUT2D eigenvalue weighted by molar-refractivity contribution is 0.262. The Kier molecular flexibility index (Phi) is 4.53. The number of anilines is 2. The predicted molar refractivity (Wildman–Crippen MR) is 84.8 cm³/mol. The molecular weight excluding hydrogens is 294 g/mol. The topological polar surface area (TPSA) is 97.6 Å². The smallest absolute Gasteiger partial charge is 0.291 e. The van der Waals surface area contributed by atoms with Gasteiger partial charge in [0.2, 0.25) is 0 Å². The summed E-state index contributed by atoms with van der Waals surface area (Å²) in [7, 11) is 0. The van der Waals surface area contributed by atoms with Gasteiger partial charge in [-0.1, -0.05) is 0 Å². The van der Waals surface area contributed by atoms with Crippen molar-refractivity contribution in [3.8, 4) is 0 Å². The van der Waals surface area contributed by atoms with E-state index >= 15 is 0 Å². The van der Waals surface area contributed by atoms with E-state index < -0.39 is 6.03 Å². The number of rotatable bonds is 5. The van der Waals surface area contributed by atoms with Crippen LogP contribution >= 0.6 is 0 Å². The van der Waals surface area contributed by atoms with Gasteiger partial charge in [-0.2, -0.15) is 10.2 Å². The van der Waals surface area contributed by atoms with E-state index in [9.17, 15) is 4.79 Å². The second-order valence-corrected chi connectivity index (χ2v) is 4.76. The van der Waals surface area contributed by atoms with E-state index in [1.807, 2.05) is 18.3 Å². The minimum atomic E-state index is -0.412. The van der Waals surface area contributed by atoms with Crippen molar-refractivity contribution < 1.29 is 4.79 Å². The fourth-order valence-corrected chi connectivity index (χ4v) is 1.98. The molecule has 0 aliphatic heterocycles. The number of aryl methyl sites for hydroxylation is 2. The average Bonchev–Trinajstić information content (AvgIpc) is 3.02. The third kappa shape index (κ3) is 4.34. The van der Waals surface area contributed by atoms with Gasteiger partial charge in [0.1, 0.15) is 0 Å². The van der Waals surface area contributed by atoms with Gasteiger partial charge in [0.15, 0.2) is 11.6 Å². The molecule has 3 heterocycles. The highest BCUT2D eigenvalue weighted by Gasteiger charge is 2.06. The molecule has 0 fully saturated rings. The number of nitrogens with one attached hydrogen (secondary N) is 2. The first-order valence-corrected chi connectivity index (χ1v) is 7.08. The molecule has 8 nitrogen and oxygen atoms in total. The van der Waals surface area contributed by atoms with Crippen LogP contribution in [-0.2, 0) is 13.0 Å². The summed E-state index contributed by atoms with van der Waals surface area (Å²) in [4.78, 5) is 15.8. The average molecular weight is 309 g/mol. The second-order valence-electron chi connectivity index (χ2n) is 4.76. The maximum atomic E-state index is 11.8. The second kappa shape index (κ2) is 7.12. The maximum absolute atomic E-state index is 11.8. The van der Waals surface area contributed by atoms with E-state index in [1.54, 1.807) is 35.3 Å². The Morgan fingerprint density at radius 2 is 1.87 bits per heavy atom. The third-order valence-electron chi connectivity index (χ3n) is 3.08. The molecule has 2 N–H and O–H groups in total. The van der Waals surface area contributed by atoms with E-state index in [4.69, 9.17) is 0 Å². The predicted octanol–water partition coefficient (Wildman–Crippen LogP) is 1.95. The first kappa shape index (κ1) is 14.6. The van der Waals surface area contributed by atoms with Crippen molar-refractivity contribution in [2.75, 3.05) is 10.6 Å². The molecule has 0 atom stereocenters. The fraction of sp³-hybridized carbons (Fsp3) is 0.133. The number of urea groups is 1. The van der Waals surface area contributed by atoms with Crippen molar-refractivity contribution in [1.29, 1.82) is 0 Å². The van der Waals surface area contributed by atoms with Gasteiger partial charge in [0, 0.05) is 37.4 Å². The summed E-state index contributed by atoms with van der Waals surface area (Å²) in [5.41, 5.74) is 1.19. The van der Waals surface area contributed by atoms with E-state index in [0.717, 1.165) is 13.0 Å². The molecule has 2 amide bonds. The number of carbonyl (C=O) groups is 1. The third-order valence-corrected chi connectivity index (χ3v) is 3.08. The van der Waals surface area contributed by atoms with Crippen LogP contribution < -0.4 is 10.6 Å². The van der Waals surface area contributed by atoms with Crippen molar-refractivity contribution in [2.45, 2.75) is 13.0 Å². The highest BCUT2D eigenvalue weighted by Crippen LogP contribution is 2.06. The van der Waals surface area contributed by atoms with Crippen LogP contribution in [0.2, 0.25) is 0 Å². The van der Waals surface area contributed by atoms with Crippen LogP contribution in [0.3, 0.4) is 0 Å². The maximum Gasteiger partial charge on any atom is 0.326 e. The summed E-state index contributed by atoms with van der Waals surface area (Å²) < 4.78 is 1.78. The van der Waals surface area contributed by atoms with Crippen LogP contribution in [0.4, 0.5) is 16.4 Å². The molecule has 0 bridgehead atoms. The van der Waals surface area contributed by atoms with Crippen LogP contribution in [0.15, 0.2) is 55.1 Å². The Morgan fingerprint density at radius 3 is 2.65 bits per heavy atom. The van der Waals surface area contributed by atoms with Crippen LogP contribution in [0, 0.1) is 0 Å². The van der Waals surface area contributed by atoms with Crippen molar-refractivity contribution in [3.63, 3.8) is 0 Å². The summed E-state index contributed by atoms with van der Waals surface area (Å²) >= 11 is 0. The van der Waals surface area contributed by atoms with Crippen LogP contribution in [0.25, 0.3) is 0 Å². The molecule has 0 unspecified atom stereocenters. The highest BCUT2D eigenvalue weighted by atomic mass is 16.2. The zero-order valence-corrected chi connectivity index (χ0v) is 12.3. The van der Waals surface area contributed by atoms with E-state index in [0.29, 0.717) is 11.6 Å². The van der Waals surface area contributed by atoms with E-state index in [-0.39, 0.29) is 0 Å². The first-order chi connectivity index (χ1) is 11.3. The SMILES string of the molecule is O=C(Nc1cccnn1)Nc1ccn(CCc2ccncc2)n1. The van der Waals surface area contributed by atoms with E-state index in [1.165, 1.54) is 11.8 Å². The molecule has 0 aliphatic carbocycles. The summed E-state index contributed by atoms with van der Waals surface area (Å²) in [5.74, 6) is 0.850. The molecule has 116 valence electrons. The number of pyridine rings is 1. The van der Waals surface area contributed by atoms with Gasteiger partial charge < -0.3 is 0 Å². The highest BCUT2D eigenvalue weighted by molar-refractivity contribution is 5.98. The van der Waals surface area contributed by atoms with Crippen LogP contribution in [0.5, 0.6) is 0 Å². The number of carbonyl (C=O) groups excluding carboxylic acids is 1. The summed E-state index contributed by atoms with van der Waals surface area (Å²) in [5, 5.41) is 17.0. The van der Waals surface area contributed by atoms with Crippen molar-refractivity contribution in [2.24, 2.45) is 0 Å². The minimum absolute atomic E-state index is 0.377. The Hall–Kier alpha value is -3.29. The molecule has 3 rings (SSSR count). The van der Waals surface area contributed by atoms with Gasteiger partial charge >= 0.3 is 6.03 Å². The van der Waals surface area contributed by atoms with Crippen LogP contribution in [0.1, 0.15) is 5.56 Å². The lowest BCUT2D eigenvalue weighted by Crippen LogP contribution is -2.20. The molecule has 0 aromatic carbocycles. The molecule has 0 saturated heterocycles. The lowest BCUT2D eigenvalue weighted by Gasteiger charge is -2.04. The molecule has 8 heteroatoms. The Labute approximate surface area is 132 Å². The fourth-order valence-electron chi connectivity index (χ4n) is 1.98. The molecule has 3 aromatic heterocycles. The number of hydrogen-bond donors (Lipinski definition) is 2. The zero-order valence-electron chi connectivity index (χ0n) is 12.3. The normalized spacial score (nSPS) is 10.3. The molecule has 3 aromatic rings. The van der Waals surface area contributed by atoms with Crippen LogP contribution in [-0.4, -0.2) is 31.0 Å².